The van der Waals surface area contributed by atoms with Crippen LogP contribution in [0, 0.1) is 5.92 Å². The number of nitrogens with zero attached hydrogens (tertiary/aromatic N) is 1. The normalized spacial score (nSPS) is 19.1. The van der Waals surface area contributed by atoms with Gasteiger partial charge in [-0.1, -0.05) is 49.7 Å². The summed E-state index contributed by atoms with van der Waals surface area (Å²) in [5.74, 6) is -0.927. The second kappa shape index (κ2) is 14.5. The largest absolute Gasteiger partial charge is 0.493 e. The highest BCUT2D eigenvalue weighted by molar-refractivity contribution is 6.30. The molecule has 0 bridgehead atoms. The molecule has 1 unspecified atom stereocenters. The van der Waals surface area contributed by atoms with E-state index < -0.39 is 23.8 Å². The van der Waals surface area contributed by atoms with Gasteiger partial charge >= 0.3 is 5.97 Å². The van der Waals surface area contributed by atoms with Crippen molar-refractivity contribution < 1.29 is 33.6 Å². The number of likely N-dealkylation sites (tertiary alicyclic amines) is 1. The van der Waals surface area contributed by atoms with E-state index in [0.717, 1.165) is 46.3 Å². The fourth-order valence-electron chi connectivity index (χ4n) is 6.60. The Balaban J connectivity index is 1.50. The maximum Gasteiger partial charge on any atom is 0.309 e. The van der Waals surface area contributed by atoms with Gasteiger partial charge in [0.25, 0.3) is 0 Å². The van der Waals surface area contributed by atoms with Gasteiger partial charge < -0.3 is 29.4 Å². The van der Waals surface area contributed by atoms with Crippen LogP contribution >= 0.6 is 11.6 Å². The van der Waals surface area contributed by atoms with Crippen molar-refractivity contribution in [2.45, 2.75) is 51.5 Å². The van der Waals surface area contributed by atoms with Crippen molar-refractivity contribution >= 4 is 29.2 Å². The van der Waals surface area contributed by atoms with Gasteiger partial charge in [0.2, 0.25) is 18.4 Å². The van der Waals surface area contributed by atoms with Crippen molar-refractivity contribution in [3.63, 3.8) is 0 Å². The number of carbonyl (C=O) groups is 2. The minimum atomic E-state index is -0.937. The predicted molar refractivity (Wildman–Crippen MR) is 173 cm³/mol. The molecule has 3 aromatic rings. The quantitative estimate of drug-likeness (QED) is 0.212. The van der Waals surface area contributed by atoms with Crippen LogP contribution in [0.25, 0.3) is 0 Å². The number of hydrogen-bond donors (Lipinski definition) is 2. The van der Waals surface area contributed by atoms with Gasteiger partial charge in [-0.3, -0.25) is 14.5 Å². The second-order valence-corrected chi connectivity index (χ2v) is 11.9. The Morgan fingerprint density at radius 2 is 1.73 bits per heavy atom. The highest BCUT2D eigenvalue weighted by Crippen LogP contribution is 2.50. The molecule has 3 atom stereocenters. The van der Waals surface area contributed by atoms with Gasteiger partial charge in [0.15, 0.2) is 11.5 Å². The smallest absolute Gasteiger partial charge is 0.309 e. The molecule has 3 aromatic carbocycles. The van der Waals surface area contributed by atoms with Gasteiger partial charge in [-0.25, -0.2) is 0 Å². The first-order valence-corrected chi connectivity index (χ1v) is 15.8. The van der Waals surface area contributed by atoms with Crippen LogP contribution in [0.15, 0.2) is 48.5 Å². The molecule has 1 saturated heterocycles. The standard InChI is InChI=1S/C35H41ClN2O7/c1-5-22-14-26(36)15-23(6-2)32(22)37-30(39)19-38-18-27(25-16-28(43-4)34-29(17-25)44-20-45-34)31(35(40)41)33(38)24-11-9-21(10-12-24)8-7-13-42-3/h9-12,14-17,27,31,33H,5-8,13,18-20H2,1-4H3,(H,37,39)(H,40,41)/t27-,31?,33+/m1/s1. The van der Waals surface area contributed by atoms with E-state index in [1.165, 1.54) is 0 Å². The maximum atomic E-state index is 13.7. The molecule has 10 heteroatoms. The molecule has 2 aliphatic heterocycles. The number of amides is 1. The lowest BCUT2D eigenvalue weighted by Crippen LogP contribution is -2.35. The van der Waals surface area contributed by atoms with Crippen LogP contribution < -0.4 is 19.5 Å². The maximum absolute atomic E-state index is 13.7. The van der Waals surface area contributed by atoms with Crippen LogP contribution in [-0.4, -0.2) is 62.6 Å². The van der Waals surface area contributed by atoms with Crippen molar-refractivity contribution in [2.24, 2.45) is 5.92 Å². The Morgan fingerprint density at radius 1 is 1.02 bits per heavy atom. The minimum absolute atomic E-state index is 0.0111. The van der Waals surface area contributed by atoms with Crippen molar-refractivity contribution in [2.75, 3.05) is 46.0 Å². The summed E-state index contributed by atoms with van der Waals surface area (Å²) in [4.78, 5) is 28.8. The van der Waals surface area contributed by atoms with Gasteiger partial charge in [0.05, 0.1) is 19.6 Å². The molecule has 2 N–H and O–H groups in total. The predicted octanol–water partition coefficient (Wildman–Crippen LogP) is 6.26. The summed E-state index contributed by atoms with van der Waals surface area (Å²) in [5, 5.41) is 14.5. The number of halogens is 1. The Morgan fingerprint density at radius 3 is 2.36 bits per heavy atom. The van der Waals surface area contributed by atoms with E-state index in [-0.39, 0.29) is 19.2 Å². The van der Waals surface area contributed by atoms with Gasteiger partial charge in [-0.15, -0.1) is 0 Å². The summed E-state index contributed by atoms with van der Waals surface area (Å²) in [6, 6.07) is 14.9. The molecule has 0 radical (unpaired) electrons. The fraction of sp³-hybridized carbons (Fsp3) is 0.429. The number of aliphatic carboxylic acids is 1. The molecule has 2 heterocycles. The van der Waals surface area contributed by atoms with Crippen LogP contribution in [0.4, 0.5) is 5.69 Å². The molecule has 0 saturated carbocycles. The SMILES string of the molecule is CCc1cc(Cl)cc(CC)c1NC(=O)CN1C[C@H](c2cc(OC)c3c(c2)OCO3)C(C(=O)O)[C@@H]1c1ccc(CCCOC)cc1. The van der Waals surface area contributed by atoms with E-state index in [4.69, 9.17) is 30.5 Å². The third kappa shape index (κ3) is 7.06. The number of carbonyl (C=O) groups excluding carboxylic acids is 1. The third-order valence-corrected chi connectivity index (χ3v) is 8.99. The molecule has 0 spiro atoms. The van der Waals surface area contributed by atoms with E-state index in [9.17, 15) is 14.7 Å². The molecule has 1 fully saturated rings. The van der Waals surface area contributed by atoms with Crippen LogP contribution in [0.1, 0.15) is 60.0 Å². The molecule has 240 valence electrons. The van der Waals surface area contributed by atoms with Gasteiger partial charge in [0.1, 0.15) is 0 Å². The lowest BCUT2D eigenvalue weighted by molar-refractivity contribution is -0.143. The van der Waals surface area contributed by atoms with Gasteiger partial charge in [0, 0.05) is 42.9 Å². The van der Waals surface area contributed by atoms with E-state index in [2.05, 4.69) is 5.32 Å². The monoisotopic (exact) mass is 636 g/mol. The summed E-state index contributed by atoms with van der Waals surface area (Å²) in [5.41, 5.74) is 5.44. The van der Waals surface area contributed by atoms with E-state index >= 15 is 0 Å². The molecular formula is C35H41ClN2O7. The summed E-state index contributed by atoms with van der Waals surface area (Å²) >= 11 is 6.36. The number of benzene rings is 3. The summed E-state index contributed by atoms with van der Waals surface area (Å²) in [7, 11) is 3.23. The summed E-state index contributed by atoms with van der Waals surface area (Å²) in [6.45, 7) is 5.14. The van der Waals surface area contributed by atoms with E-state index in [0.29, 0.717) is 48.3 Å². The number of anilines is 1. The first-order chi connectivity index (χ1) is 21.8. The van der Waals surface area contributed by atoms with E-state index in [1.807, 2.05) is 67.3 Å². The number of ether oxygens (including phenoxy) is 4. The van der Waals surface area contributed by atoms with Crippen molar-refractivity contribution in [3.05, 3.63) is 81.4 Å². The van der Waals surface area contributed by atoms with E-state index in [1.54, 1.807) is 14.2 Å². The zero-order valence-corrected chi connectivity index (χ0v) is 27.0. The van der Waals surface area contributed by atoms with Gasteiger partial charge in [-0.05, 0) is 77.8 Å². The first-order valence-electron chi connectivity index (χ1n) is 15.4. The highest BCUT2D eigenvalue weighted by atomic mass is 35.5. The highest BCUT2D eigenvalue weighted by Gasteiger charge is 2.48. The number of carboxylic acids is 1. The number of fused-ring (bicyclic) bond motifs is 1. The Labute approximate surface area is 269 Å². The zero-order chi connectivity index (χ0) is 32.1. The first kappa shape index (κ1) is 32.6. The minimum Gasteiger partial charge on any atom is -0.493 e. The number of nitrogens with one attached hydrogen (secondary N) is 1. The average Bonchev–Trinajstić information content (AvgIpc) is 3.66. The van der Waals surface area contributed by atoms with Crippen molar-refractivity contribution in [1.29, 1.82) is 0 Å². The van der Waals surface area contributed by atoms with Crippen LogP contribution in [-0.2, 0) is 33.6 Å². The number of rotatable bonds is 13. The number of aryl methyl sites for hydroxylation is 3. The summed E-state index contributed by atoms with van der Waals surface area (Å²) < 4.78 is 22.0. The average molecular weight is 637 g/mol. The Hall–Kier alpha value is -3.79. The molecule has 45 heavy (non-hydrogen) atoms. The van der Waals surface area contributed by atoms with Crippen LogP contribution in [0.3, 0.4) is 0 Å². The summed E-state index contributed by atoms with van der Waals surface area (Å²) in [6.07, 6.45) is 3.16. The Kier molecular flexibility index (Phi) is 10.5. The molecule has 1 amide bonds. The number of carboxylic acid groups (broad SMARTS) is 1. The van der Waals surface area contributed by atoms with Crippen LogP contribution in [0.2, 0.25) is 5.02 Å². The van der Waals surface area contributed by atoms with Crippen molar-refractivity contribution in [3.8, 4) is 17.2 Å². The molecule has 2 aliphatic rings. The molecular weight excluding hydrogens is 596 g/mol. The van der Waals surface area contributed by atoms with Gasteiger partial charge in [-0.2, -0.15) is 0 Å². The lowest BCUT2D eigenvalue weighted by atomic mass is 9.82. The van der Waals surface area contributed by atoms with Crippen LogP contribution in [0.5, 0.6) is 17.2 Å². The van der Waals surface area contributed by atoms with Crippen molar-refractivity contribution in [1.82, 2.24) is 4.90 Å². The molecule has 0 aromatic heterocycles. The molecule has 9 nitrogen and oxygen atoms in total. The number of methoxy groups -OCH3 is 2. The topological polar surface area (TPSA) is 107 Å². The Bertz CT molecular complexity index is 1500. The zero-order valence-electron chi connectivity index (χ0n) is 26.2. The molecule has 0 aliphatic carbocycles. The lowest BCUT2D eigenvalue weighted by Gasteiger charge is -2.27. The third-order valence-electron chi connectivity index (χ3n) is 8.77. The second-order valence-electron chi connectivity index (χ2n) is 11.5. The number of hydrogen-bond acceptors (Lipinski definition) is 7. The fourth-order valence-corrected chi connectivity index (χ4v) is 6.86. The molecule has 5 rings (SSSR count).